The van der Waals surface area contributed by atoms with Crippen LogP contribution in [0.15, 0.2) is 12.1 Å². The fraction of sp³-hybridized carbons (Fsp3) is 0.500. The molecule has 1 aliphatic rings. The maximum atomic E-state index is 11.1. The van der Waals surface area contributed by atoms with E-state index in [1.54, 1.807) is 0 Å². The predicted octanol–water partition coefficient (Wildman–Crippen LogP) is 2.60. The topological polar surface area (TPSA) is 43.1 Å². The summed E-state index contributed by atoms with van der Waals surface area (Å²) < 4.78 is 0. The van der Waals surface area contributed by atoms with Crippen LogP contribution in [0.25, 0.3) is 0 Å². The van der Waals surface area contributed by atoms with Gasteiger partial charge in [0.05, 0.1) is 0 Å². The summed E-state index contributed by atoms with van der Waals surface area (Å²) in [7, 11) is 0. The van der Waals surface area contributed by atoms with Gasteiger partial charge in [0, 0.05) is 6.42 Å². The van der Waals surface area contributed by atoms with Crippen LogP contribution < -0.4 is 5.73 Å². The zero-order valence-electron chi connectivity index (χ0n) is 10.0. The van der Waals surface area contributed by atoms with Gasteiger partial charge >= 0.3 is 0 Å². The first-order valence-electron chi connectivity index (χ1n) is 5.97. The van der Waals surface area contributed by atoms with Crippen molar-refractivity contribution < 1.29 is 4.79 Å². The van der Waals surface area contributed by atoms with Crippen LogP contribution in [0.5, 0.6) is 0 Å². The van der Waals surface area contributed by atoms with Crippen LogP contribution in [0.2, 0.25) is 0 Å². The summed E-state index contributed by atoms with van der Waals surface area (Å²) in [4.78, 5) is 11.1. The number of rotatable bonds is 2. The molecule has 0 spiro atoms. The van der Waals surface area contributed by atoms with Crippen LogP contribution in [-0.4, -0.2) is 5.91 Å². The number of hydrogen-bond donors (Lipinski definition) is 1. The minimum Gasteiger partial charge on any atom is -0.370 e. The van der Waals surface area contributed by atoms with Crippen molar-refractivity contribution in [3.05, 3.63) is 34.4 Å². The Balaban J connectivity index is 2.44. The monoisotopic (exact) mass is 217 g/mol. The molecular formula is C14H19NO. The fourth-order valence-electron chi connectivity index (χ4n) is 2.91. The first kappa shape index (κ1) is 11.2. The van der Waals surface area contributed by atoms with Crippen molar-refractivity contribution in [2.24, 2.45) is 5.73 Å². The second-order valence-electron chi connectivity index (χ2n) is 4.85. The first-order valence-corrected chi connectivity index (χ1v) is 5.97. The normalized spacial score (nSPS) is 19.2. The lowest BCUT2D eigenvalue weighted by atomic mass is 9.77. The number of benzene rings is 1. The van der Waals surface area contributed by atoms with Gasteiger partial charge in [0.25, 0.3) is 0 Å². The van der Waals surface area contributed by atoms with Crippen molar-refractivity contribution in [3.63, 3.8) is 0 Å². The number of carbonyl (C=O) groups excluding carboxylic acids is 1. The largest absolute Gasteiger partial charge is 0.370 e. The molecule has 0 heterocycles. The summed E-state index contributed by atoms with van der Waals surface area (Å²) in [6.45, 7) is 4.29. The summed E-state index contributed by atoms with van der Waals surface area (Å²) in [5, 5.41) is 0. The lowest BCUT2D eigenvalue weighted by Crippen LogP contribution is -2.20. The highest BCUT2D eigenvalue weighted by molar-refractivity contribution is 5.75. The molecule has 0 fully saturated rings. The third-order valence-electron chi connectivity index (χ3n) is 3.64. The van der Waals surface area contributed by atoms with Gasteiger partial charge < -0.3 is 5.73 Å². The molecule has 2 heteroatoms. The lowest BCUT2D eigenvalue weighted by molar-refractivity contribution is -0.118. The van der Waals surface area contributed by atoms with E-state index in [1.807, 2.05) is 0 Å². The Kier molecular flexibility index (Phi) is 2.99. The summed E-state index contributed by atoms with van der Waals surface area (Å²) in [5.74, 6) is 0.167. The van der Waals surface area contributed by atoms with Gasteiger partial charge in [0.15, 0.2) is 0 Å². The van der Waals surface area contributed by atoms with Gasteiger partial charge in [-0.15, -0.1) is 0 Å². The third-order valence-corrected chi connectivity index (χ3v) is 3.64. The van der Waals surface area contributed by atoms with Crippen LogP contribution in [-0.2, 0) is 11.2 Å². The van der Waals surface area contributed by atoms with Gasteiger partial charge in [-0.05, 0) is 61.3 Å². The molecule has 0 saturated carbocycles. The number of amides is 1. The molecule has 1 atom stereocenters. The summed E-state index contributed by atoms with van der Waals surface area (Å²) >= 11 is 0. The highest BCUT2D eigenvalue weighted by Crippen LogP contribution is 2.37. The summed E-state index contributed by atoms with van der Waals surface area (Å²) in [6, 6.07) is 4.34. The standard InChI is InChI=1S/C14H19NO/c1-9-6-7-10(2)14-11(8-13(15)16)4-3-5-12(9)14/h6-7,11H,3-5,8H2,1-2H3,(H2,15,16). The molecule has 0 aromatic heterocycles. The molecule has 0 aliphatic heterocycles. The van der Waals surface area contributed by atoms with Crippen LogP contribution >= 0.6 is 0 Å². The fourth-order valence-corrected chi connectivity index (χ4v) is 2.91. The van der Waals surface area contributed by atoms with E-state index in [4.69, 9.17) is 5.73 Å². The van der Waals surface area contributed by atoms with E-state index in [0.29, 0.717) is 12.3 Å². The van der Waals surface area contributed by atoms with Crippen LogP contribution in [0.3, 0.4) is 0 Å². The molecular weight excluding hydrogens is 198 g/mol. The van der Waals surface area contributed by atoms with E-state index in [9.17, 15) is 4.79 Å². The molecule has 0 bridgehead atoms. The Bertz CT molecular complexity index is 423. The van der Waals surface area contributed by atoms with E-state index in [0.717, 1.165) is 12.8 Å². The highest BCUT2D eigenvalue weighted by Gasteiger charge is 2.24. The average Bonchev–Trinajstić information content (AvgIpc) is 2.23. The number of hydrogen-bond acceptors (Lipinski definition) is 1. The van der Waals surface area contributed by atoms with Gasteiger partial charge in [-0.2, -0.15) is 0 Å². The molecule has 2 nitrogen and oxygen atoms in total. The molecule has 1 unspecified atom stereocenters. The summed E-state index contributed by atoms with van der Waals surface area (Å²) in [5.41, 5.74) is 10.8. The van der Waals surface area contributed by atoms with E-state index in [2.05, 4.69) is 26.0 Å². The Labute approximate surface area is 96.8 Å². The molecule has 2 N–H and O–H groups in total. The molecule has 0 radical (unpaired) electrons. The van der Waals surface area contributed by atoms with Crippen molar-refractivity contribution in [1.29, 1.82) is 0 Å². The molecule has 1 aromatic carbocycles. The van der Waals surface area contributed by atoms with Crippen LogP contribution in [0.1, 0.15) is 47.4 Å². The smallest absolute Gasteiger partial charge is 0.218 e. The molecule has 16 heavy (non-hydrogen) atoms. The van der Waals surface area contributed by atoms with Gasteiger partial charge in [0.2, 0.25) is 5.91 Å². The SMILES string of the molecule is Cc1ccc(C)c2c1CCCC2CC(N)=O. The van der Waals surface area contributed by atoms with Crippen molar-refractivity contribution in [3.8, 4) is 0 Å². The average molecular weight is 217 g/mol. The van der Waals surface area contributed by atoms with E-state index in [-0.39, 0.29) is 5.91 Å². The second kappa shape index (κ2) is 4.28. The van der Waals surface area contributed by atoms with Gasteiger partial charge in [-0.3, -0.25) is 4.79 Å². The zero-order chi connectivity index (χ0) is 11.7. The Hall–Kier alpha value is -1.31. The van der Waals surface area contributed by atoms with Gasteiger partial charge in [-0.1, -0.05) is 12.1 Å². The molecule has 1 aromatic rings. The Morgan fingerprint density at radius 1 is 1.38 bits per heavy atom. The van der Waals surface area contributed by atoms with Gasteiger partial charge in [-0.25, -0.2) is 0 Å². The number of carbonyl (C=O) groups is 1. The van der Waals surface area contributed by atoms with E-state index < -0.39 is 0 Å². The van der Waals surface area contributed by atoms with E-state index in [1.165, 1.54) is 28.7 Å². The highest BCUT2D eigenvalue weighted by atomic mass is 16.1. The van der Waals surface area contributed by atoms with Crippen molar-refractivity contribution in [2.45, 2.75) is 45.4 Å². The number of aryl methyl sites for hydroxylation is 2. The maximum Gasteiger partial charge on any atom is 0.218 e. The molecule has 0 saturated heterocycles. The number of fused-ring (bicyclic) bond motifs is 1. The first-order chi connectivity index (χ1) is 7.59. The predicted molar refractivity (Wildman–Crippen MR) is 65.4 cm³/mol. The maximum absolute atomic E-state index is 11.1. The van der Waals surface area contributed by atoms with Crippen molar-refractivity contribution in [2.75, 3.05) is 0 Å². The van der Waals surface area contributed by atoms with Crippen molar-refractivity contribution >= 4 is 5.91 Å². The number of nitrogens with two attached hydrogens (primary N) is 1. The molecule has 1 amide bonds. The molecule has 2 rings (SSSR count). The summed E-state index contributed by atoms with van der Waals surface area (Å²) in [6.07, 6.45) is 3.92. The van der Waals surface area contributed by atoms with Crippen LogP contribution in [0.4, 0.5) is 0 Å². The van der Waals surface area contributed by atoms with Gasteiger partial charge in [0.1, 0.15) is 0 Å². The van der Waals surface area contributed by atoms with E-state index >= 15 is 0 Å². The molecule has 1 aliphatic carbocycles. The van der Waals surface area contributed by atoms with Crippen molar-refractivity contribution in [1.82, 2.24) is 0 Å². The Morgan fingerprint density at radius 2 is 2.06 bits per heavy atom. The third kappa shape index (κ3) is 1.97. The minimum absolute atomic E-state index is 0.182. The minimum atomic E-state index is -0.182. The zero-order valence-corrected chi connectivity index (χ0v) is 10.0. The lowest BCUT2D eigenvalue weighted by Gasteiger charge is -2.28. The number of primary amides is 1. The van der Waals surface area contributed by atoms with Crippen LogP contribution in [0, 0.1) is 13.8 Å². The molecule has 86 valence electrons. The second-order valence-corrected chi connectivity index (χ2v) is 4.85. The quantitative estimate of drug-likeness (QED) is 0.813. The Morgan fingerprint density at radius 3 is 2.75 bits per heavy atom.